The van der Waals surface area contributed by atoms with Crippen molar-refractivity contribution in [1.82, 2.24) is 0 Å². The Balaban J connectivity index is 2.23. The van der Waals surface area contributed by atoms with Crippen molar-refractivity contribution in [2.45, 2.75) is 3.79 Å². The normalized spacial score (nSPS) is 21.3. The quantitative estimate of drug-likeness (QED) is 0.587. The lowest BCUT2D eigenvalue weighted by atomic mass is 10.2. The van der Waals surface area contributed by atoms with Crippen molar-refractivity contribution < 1.29 is 14.2 Å². The number of hydrogen-bond acceptors (Lipinski definition) is 3. The summed E-state index contributed by atoms with van der Waals surface area (Å²) in [4.78, 5) is 0. The van der Waals surface area contributed by atoms with Crippen LogP contribution in [0, 0.1) is 0 Å². The fourth-order valence-electron chi connectivity index (χ4n) is 1.11. The summed E-state index contributed by atoms with van der Waals surface area (Å²) >= 11 is 2.13. The van der Waals surface area contributed by atoms with Gasteiger partial charge in [-0.25, -0.2) is 0 Å². The zero-order valence-electron chi connectivity index (χ0n) is 6.90. The highest BCUT2D eigenvalue weighted by Gasteiger charge is 2.33. The molecule has 70 valence electrons. The van der Waals surface area contributed by atoms with Crippen LogP contribution in [0.3, 0.4) is 0 Å². The Morgan fingerprint density at radius 3 is 2.31 bits per heavy atom. The zero-order valence-corrected chi connectivity index (χ0v) is 9.06. The van der Waals surface area contributed by atoms with Crippen LogP contribution in [0.25, 0.3) is 0 Å². The molecule has 1 aliphatic heterocycles. The first-order chi connectivity index (χ1) is 6.31. The zero-order chi connectivity index (χ0) is 9.15. The summed E-state index contributed by atoms with van der Waals surface area (Å²) in [6.07, 6.45) is 0. The number of halogens is 1. The molecule has 0 radical (unpaired) electrons. The maximum Gasteiger partial charge on any atom is 0.252 e. The van der Waals surface area contributed by atoms with Crippen molar-refractivity contribution in [3.63, 3.8) is 0 Å². The number of benzene rings is 1. The van der Waals surface area contributed by atoms with Crippen molar-refractivity contribution in [2.75, 3.05) is 13.6 Å². The molecule has 1 fully saturated rings. The summed E-state index contributed by atoms with van der Waals surface area (Å²) in [7, 11) is 0. The highest BCUT2D eigenvalue weighted by atomic mass is 127. The van der Waals surface area contributed by atoms with E-state index in [4.69, 9.17) is 14.2 Å². The summed E-state index contributed by atoms with van der Waals surface area (Å²) < 4.78 is 15.0. The molecule has 1 aliphatic rings. The largest absolute Gasteiger partial charge is 0.329 e. The van der Waals surface area contributed by atoms with E-state index in [9.17, 15) is 0 Å². The third-order valence-corrected chi connectivity index (χ3v) is 3.02. The lowest BCUT2D eigenvalue weighted by Gasteiger charge is -2.31. The fraction of sp³-hybridized carbons (Fsp3) is 0.333. The van der Waals surface area contributed by atoms with Gasteiger partial charge in [0.15, 0.2) is 13.6 Å². The molecule has 2 rings (SSSR count). The molecule has 4 heteroatoms. The molecular formula is C9H9IO3. The van der Waals surface area contributed by atoms with Gasteiger partial charge >= 0.3 is 0 Å². The molecular weight excluding hydrogens is 283 g/mol. The van der Waals surface area contributed by atoms with E-state index in [1.807, 2.05) is 30.3 Å². The molecule has 1 aromatic rings. The Hall–Kier alpha value is -0.170. The molecule has 0 saturated carbocycles. The van der Waals surface area contributed by atoms with Crippen molar-refractivity contribution in [3.8, 4) is 0 Å². The molecule has 1 saturated heterocycles. The molecule has 0 N–H and O–H groups in total. The Morgan fingerprint density at radius 2 is 1.69 bits per heavy atom. The van der Waals surface area contributed by atoms with Crippen LogP contribution < -0.4 is 0 Å². The van der Waals surface area contributed by atoms with Gasteiger partial charge in [-0.15, -0.1) is 0 Å². The average molecular weight is 292 g/mol. The van der Waals surface area contributed by atoms with Crippen LogP contribution in [-0.2, 0) is 18.0 Å². The van der Waals surface area contributed by atoms with Crippen LogP contribution in [0.15, 0.2) is 30.3 Å². The van der Waals surface area contributed by atoms with E-state index in [0.717, 1.165) is 5.56 Å². The molecule has 0 aromatic heterocycles. The van der Waals surface area contributed by atoms with Crippen molar-refractivity contribution in [2.24, 2.45) is 0 Å². The SMILES string of the molecule is IC1(c2ccccc2)OCOCO1. The molecule has 13 heavy (non-hydrogen) atoms. The second kappa shape index (κ2) is 3.91. The van der Waals surface area contributed by atoms with E-state index < -0.39 is 3.79 Å². The minimum Gasteiger partial charge on any atom is -0.329 e. The van der Waals surface area contributed by atoms with E-state index in [-0.39, 0.29) is 13.6 Å². The average Bonchev–Trinajstić information content (AvgIpc) is 2.20. The highest BCUT2D eigenvalue weighted by Crippen LogP contribution is 2.36. The molecule has 0 aliphatic carbocycles. The van der Waals surface area contributed by atoms with E-state index in [1.54, 1.807) is 0 Å². The molecule has 3 nitrogen and oxygen atoms in total. The minimum atomic E-state index is -0.683. The lowest BCUT2D eigenvalue weighted by Crippen LogP contribution is -2.33. The van der Waals surface area contributed by atoms with Gasteiger partial charge in [0.1, 0.15) is 0 Å². The topological polar surface area (TPSA) is 27.7 Å². The van der Waals surface area contributed by atoms with E-state index in [0.29, 0.717) is 0 Å². The van der Waals surface area contributed by atoms with E-state index >= 15 is 0 Å². The molecule has 0 bridgehead atoms. The number of ether oxygens (including phenoxy) is 3. The summed E-state index contributed by atoms with van der Waals surface area (Å²) in [6, 6.07) is 9.81. The predicted molar refractivity (Wildman–Crippen MR) is 55.1 cm³/mol. The maximum absolute atomic E-state index is 5.39. The molecule has 0 unspecified atom stereocenters. The van der Waals surface area contributed by atoms with E-state index in [2.05, 4.69) is 22.6 Å². The first-order valence-corrected chi connectivity index (χ1v) is 4.99. The summed E-state index contributed by atoms with van der Waals surface area (Å²) in [5.74, 6) is 0. The van der Waals surface area contributed by atoms with Crippen molar-refractivity contribution in [1.29, 1.82) is 0 Å². The summed E-state index contributed by atoms with van der Waals surface area (Å²) in [6.45, 7) is 0.551. The van der Waals surface area contributed by atoms with Crippen LogP contribution in [0.5, 0.6) is 0 Å². The first-order valence-electron chi connectivity index (χ1n) is 3.91. The van der Waals surface area contributed by atoms with Crippen LogP contribution >= 0.6 is 22.6 Å². The van der Waals surface area contributed by atoms with Gasteiger partial charge in [0.05, 0.1) is 0 Å². The minimum absolute atomic E-state index is 0.276. The Kier molecular flexibility index (Phi) is 2.83. The molecule has 1 heterocycles. The van der Waals surface area contributed by atoms with Crippen LogP contribution in [0.2, 0.25) is 0 Å². The van der Waals surface area contributed by atoms with Gasteiger partial charge in [0.2, 0.25) is 0 Å². The standard InChI is InChI=1S/C9H9IO3/c10-9(12-6-11-7-13-9)8-4-2-1-3-5-8/h1-5H,6-7H2. The molecule has 1 aromatic carbocycles. The molecule has 0 atom stereocenters. The number of alkyl halides is 1. The lowest BCUT2D eigenvalue weighted by molar-refractivity contribution is -0.314. The van der Waals surface area contributed by atoms with Gasteiger partial charge in [0.25, 0.3) is 3.79 Å². The van der Waals surface area contributed by atoms with Crippen LogP contribution in [-0.4, -0.2) is 13.6 Å². The Bertz CT molecular complexity index is 269. The highest BCUT2D eigenvalue weighted by molar-refractivity contribution is 14.1. The fourth-order valence-corrected chi connectivity index (χ4v) is 1.73. The van der Waals surface area contributed by atoms with Gasteiger partial charge in [0, 0.05) is 5.56 Å². The van der Waals surface area contributed by atoms with Gasteiger partial charge in [-0.1, -0.05) is 30.3 Å². The molecule has 0 spiro atoms. The van der Waals surface area contributed by atoms with Gasteiger partial charge in [-0.05, 0) is 22.6 Å². The Labute approximate surface area is 90.1 Å². The third-order valence-electron chi connectivity index (χ3n) is 1.77. The third kappa shape index (κ3) is 2.01. The van der Waals surface area contributed by atoms with Crippen LogP contribution in [0.1, 0.15) is 5.56 Å². The first kappa shape index (κ1) is 9.39. The Morgan fingerprint density at radius 1 is 1.08 bits per heavy atom. The maximum atomic E-state index is 5.39. The smallest absolute Gasteiger partial charge is 0.252 e. The van der Waals surface area contributed by atoms with Gasteiger partial charge in [-0.3, -0.25) is 0 Å². The number of hydrogen-bond donors (Lipinski definition) is 0. The number of rotatable bonds is 1. The van der Waals surface area contributed by atoms with Gasteiger partial charge in [-0.2, -0.15) is 0 Å². The van der Waals surface area contributed by atoms with Gasteiger partial charge < -0.3 is 14.2 Å². The van der Waals surface area contributed by atoms with Crippen molar-refractivity contribution >= 4 is 22.6 Å². The van der Waals surface area contributed by atoms with Crippen LogP contribution in [0.4, 0.5) is 0 Å². The molecule has 0 amide bonds. The second-order valence-electron chi connectivity index (χ2n) is 2.63. The monoisotopic (exact) mass is 292 g/mol. The van der Waals surface area contributed by atoms with Crippen molar-refractivity contribution in [3.05, 3.63) is 35.9 Å². The van der Waals surface area contributed by atoms with E-state index in [1.165, 1.54) is 0 Å². The summed E-state index contributed by atoms with van der Waals surface area (Å²) in [5.41, 5.74) is 0.999. The second-order valence-corrected chi connectivity index (χ2v) is 4.05. The summed E-state index contributed by atoms with van der Waals surface area (Å²) in [5, 5.41) is 0. The predicted octanol–water partition coefficient (Wildman–Crippen LogP) is 2.21.